The van der Waals surface area contributed by atoms with Gasteiger partial charge in [-0.15, -0.1) is 0 Å². The summed E-state index contributed by atoms with van der Waals surface area (Å²) in [6.07, 6.45) is 24.5. The minimum atomic E-state index is -0.0747. The molecule has 0 radical (unpaired) electrons. The fraction of sp³-hybridized carbons (Fsp3) is 0.474. The fourth-order valence-electron chi connectivity index (χ4n) is 18.4. The smallest absolute Gasteiger partial charge is 0.224 e. The maximum atomic E-state index is 6.14. The highest BCUT2D eigenvalue weighted by atomic mass is 35.5. The van der Waals surface area contributed by atoms with Crippen LogP contribution < -0.4 is 56.8 Å². The number of methoxy groups -OCH3 is 8. The monoisotopic (exact) mass is 1440 g/mol. The number of hydrogen-bond acceptors (Lipinski definition) is 20. The average Bonchev–Trinajstić information content (AvgIpc) is 0.708. The normalized spacial score (nSPS) is 25.6. The first-order chi connectivity index (χ1) is 48.3. The molecule has 0 saturated heterocycles. The van der Waals surface area contributed by atoms with Crippen molar-refractivity contribution in [2.24, 2.45) is 35.5 Å². The van der Waals surface area contributed by atoms with Crippen LogP contribution in [0, 0.1) is 35.5 Å². The SMILES string of the molecule is CC1CCC(C)CC1.COc1cc(C23CC4CC(C2)CC(c2cc(OC)c(Oc5cc(Cl)ncn5)c(OC)c2)(C4)C3)cc(OC)c1Oc1cc(Cl)ncn1.COc1cc(C23CC4CC(C2)CC(c2cc(OC)c(Oc5cc(Cl)ncn5)c(OC)c2)(C4)C3)cc(OC)c1Oc1cc(Cl)ncn1. The van der Waals surface area contributed by atoms with E-state index in [1.807, 2.05) is 0 Å². The van der Waals surface area contributed by atoms with E-state index in [1.165, 1.54) is 86.1 Å². The van der Waals surface area contributed by atoms with E-state index in [1.54, 1.807) is 81.1 Å². The van der Waals surface area contributed by atoms with Crippen LogP contribution in [-0.2, 0) is 21.7 Å². The summed E-state index contributed by atoms with van der Waals surface area (Å²) in [6, 6.07) is 23.0. The van der Waals surface area contributed by atoms with Crippen molar-refractivity contribution in [1.29, 1.82) is 0 Å². The zero-order valence-corrected chi connectivity index (χ0v) is 61.0. The third-order valence-corrected chi connectivity index (χ3v) is 22.8. The van der Waals surface area contributed by atoms with E-state index in [2.05, 4.69) is 102 Å². The molecule has 9 fully saturated rings. The Balaban J connectivity index is 0.000000161. The minimum absolute atomic E-state index is 0.0747. The summed E-state index contributed by atoms with van der Waals surface area (Å²) in [5.74, 6) is 11.9. The molecule has 0 unspecified atom stereocenters. The molecule has 8 aromatic rings. The Labute approximate surface area is 603 Å². The summed E-state index contributed by atoms with van der Waals surface area (Å²) < 4.78 is 71.7. The molecule has 9 saturated carbocycles. The Morgan fingerprint density at radius 1 is 0.290 bits per heavy atom. The van der Waals surface area contributed by atoms with Gasteiger partial charge >= 0.3 is 0 Å². The molecular formula is C76H84Cl4N8O12. The number of benzene rings is 4. The summed E-state index contributed by atoms with van der Waals surface area (Å²) in [6.45, 7) is 4.73. The van der Waals surface area contributed by atoms with Gasteiger partial charge in [0.15, 0.2) is 46.0 Å². The van der Waals surface area contributed by atoms with Gasteiger partial charge in [-0.05, 0) is 205 Å². The Morgan fingerprint density at radius 3 is 0.650 bits per heavy atom. The molecule has 17 rings (SSSR count). The van der Waals surface area contributed by atoms with Gasteiger partial charge in [-0.1, -0.05) is 85.9 Å². The van der Waals surface area contributed by atoms with E-state index in [9.17, 15) is 0 Å². The Hall–Kier alpha value is -8.04. The lowest BCUT2D eigenvalue weighted by Crippen LogP contribution is -2.56. The minimum Gasteiger partial charge on any atom is -0.493 e. The standard InChI is InChI=1S/2C34H34Cl2N4O6.C8H16/c2*1-41-23-6-21(7-24(42-2)31(23)45-29-10-27(35)37-17-39-29)33-12-19-5-20(13-33)15-34(14-19,16-33)22-8-25(43-3)32(26(9-22)44-4)46-30-11-28(36)38-18-40-30;1-7-3-5-8(2)6-4-7/h2*6-11,17-20H,5,12-16H2,1-4H3;7-8H,3-6H2,1-2H3. The molecule has 0 spiro atoms. The van der Waals surface area contributed by atoms with Crippen molar-refractivity contribution in [3.05, 3.63) is 141 Å². The van der Waals surface area contributed by atoms with Crippen LogP contribution in [0.25, 0.3) is 0 Å². The van der Waals surface area contributed by atoms with Crippen molar-refractivity contribution in [1.82, 2.24) is 39.9 Å². The molecule has 0 amide bonds. The zero-order chi connectivity index (χ0) is 70.1. The highest BCUT2D eigenvalue weighted by Gasteiger charge is 2.61. The Kier molecular flexibility index (Phi) is 20.8. The summed E-state index contributed by atoms with van der Waals surface area (Å²) in [5.41, 5.74) is 4.45. The lowest BCUT2D eigenvalue weighted by molar-refractivity contribution is -0.0285. The van der Waals surface area contributed by atoms with Crippen LogP contribution in [-0.4, -0.2) is 96.8 Å². The van der Waals surface area contributed by atoms with Crippen LogP contribution >= 0.6 is 46.4 Å². The summed E-state index contributed by atoms with van der Waals surface area (Å²) in [5, 5.41) is 1.13. The van der Waals surface area contributed by atoms with E-state index in [0.29, 0.717) is 116 Å². The molecule has 0 N–H and O–H groups in total. The van der Waals surface area contributed by atoms with Gasteiger partial charge < -0.3 is 56.8 Å². The van der Waals surface area contributed by atoms with Crippen molar-refractivity contribution >= 4 is 46.4 Å². The van der Waals surface area contributed by atoms with Crippen LogP contribution in [0.5, 0.6) is 92.5 Å². The molecule has 8 bridgehead atoms. The van der Waals surface area contributed by atoms with E-state index in [-0.39, 0.29) is 42.3 Å². The van der Waals surface area contributed by atoms with Crippen LogP contribution in [0.3, 0.4) is 0 Å². The molecule has 100 heavy (non-hydrogen) atoms. The molecule has 528 valence electrons. The number of halogens is 4. The van der Waals surface area contributed by atoms with Gasteiger partial charge in [0.05, 0.1) is 56.9 Å². The van der Waals surface area contributed by atoms with Crippen molar-refractivity contribution in [2.45, 2.75) is 138 Å². The second-order valence-electron chi connectivity index (χ2n) is 28.4. The number of rotatable bonds is 20. The zero-order valence-electron chi connectivity index (χ0n) is 58.0. The van der Waals surface area contributed by atoms with Gasteiger partial charge in [0.25, 0.3) is 0 Å². The molecule has 4 heterocycles. The van der Waals surface area contributed by atoms with Crippen molar-refractivity contribution in [3.8, 4) is 92.5 Å². The molecule has 9 aliphatic rings. The summed E-state index contributed by atoms with van der Waals surface area (Å²) in [7, 11) is 13.1. The number of aromatic nitrogens is 8. The predicted molar refractivity (Wildman–Crippen MR) is 380 cm³/mol. The van der Waals surface area contributed by atoms with Crippen LogP contribution in [0.15, 0.2) is 98.1 Å². The predicted octanol–water partition coefficient (Wildman–Crippen LogP) is 18.8. The van der Waals surface area contributed by atoms with E-state index >= 15 is 0 Å². The lowest BCUT2D eigenvalue weighted by atomic mass is 9.41. The first-order valence-corrected chi connectivity index (χ1v) is 35.5. The molecule has 4 aromatic carbocycles. The second-order valence-corrected chi connectivity index (χ2v) is 29.9. The van der Waals surface area contributed by atoms with Crippen molar-refractivity contribution in [2.75, 3.05) is 56.9 Å². The van der Waals surface area contributed by atoms with Crippen molar-refractivity contribution in [3.63, 3.8) is 0 Å². The first-order valence-electron chi connectivity index (χ1n) is 34.0. The van der Waals surface area contributed by atoms with Gasteiger partial charge in [-0.25, -0.2) is 39.9 Å². The van der Waals surface area contributed by atoms with Gasteiger partial charge in [0, 0.05) is 24.3 Å². The first kappa shape index (κ1) is 70.4. The van der Waals surface area contributed by atoms with E-state index in [4.69, 9.17) is 103 Å². The molecule has 20 nitrogen and oxygen atoms in total. The van der Waals surface area contributed by atoms with Crippen molar-refractivity contribution < 1.29 is 56.8 Å². The molecule has 0 atom stereocenters. The summed E-state index contributed by atoms with van der Waals surface area (Å²) >= 11 is 24.3. The molecule has 0 aliphatic heterocycles. The van der Waals surface area contributed by atoms with E-state index in [0.717, 1.165) is 76.0 Å². The highest BCUT2D eigenvalue weighted by molar-refractivity contribution is 6.30. The second kappa shape index (κ2) is 29.5. The van der Waals surface area contributed by atoms with Gasteiger partial charge in [-0.3, -0.25) is 0 Å². The lowest BCUT2D eigenvalue weighted by Gasteiger charge is -2.63. The topological polar surface area (TPSA) is 214 Å². The Bertz CT molecular complexity index is 3630. The van der Waals surface area contributed by atoms with Crippen LogP contribution in [0.4, 0.5) is 0 Å². The van der Waals surface area contributed by atoms with Gasteiger partial charge in [0.1, 0.15) is 45.9 Å². The molecule has 24 heteroatoms. The number of hydrogen-bond donors (Lipinski definition) is 0. The van der Waals surface area contributed by atoms with Crippen LogP contribution in [0.1, 0.15) is 139 Å². The molecule has 9 aliphatic carbocycles. The van der Waals surface area contributed by atoms with Crippen LogP contribution in [0.2, 0.25) is 20.6 Å². The summed E-state index contributed by atoms with van der Waals surface area (Å²) in [4.78, 5) is 32.6. The number of nitrogens with zero attached hydrogens (tertiary/aromatic N) is 8. The van der Waals surface area contributed by atoms with Gasteiger partial charge in [-0.2, -0.15) is 0 Å². The maximum Gasteiger partial charge on any atom is 0.224 e. The maximum absolute atomic E-state index is 6.14. The van der Waals surface area contributed by atoms with Gasteiger partial charge in [0.2, 0.25) is 46.5 Å². The fourth-order valence-corrected chi connectivity index (χ4v) is 18.9. The highest BCUT2D eigenvalue weighted by Crippen LogP contribution is 2.70. The third-order valence-electron chi connectivity index (χ3n) is 22.0. The quantitative estimate of drug-likeness (QED) is 0.0649. The Morgan fingerprint density at radius 2 is 0.480 bits per heavy atom. The third kappa shape index (κ3) is 14.5. The molecular weight excluding hydrogens is 1360 g/mol. The largest absolute Gasteiger partial charge is 0.493 e. The molecule has 4 aromatic heterocycles. The van der Waals surface area contributed by atoms with E-state index < -0.39 is 0 Å². The average molecular weight is 1440 g/mol. The number of ether oxygens (including phenoxy) is 12.